The van der Waals surface area contributed by atoms with Gasteiger partial charge in [-0.15, -0.1) is 0 Å². The lowest BCUT2D eigenvalue weighted by atomic mass is 10.1. The zero-order valence-corrected chi connectivity index (χ0v) is 17.7. The molecule has 34 heavy (non-hydrogen) atoms. The molecule has 9 heteroatoms. The molecule has 0 saturated carbocycles. The Hall–Kier alpha value is -4.40. The van der Waals surface area contributed by atoms with Crippen molar-refractivity contribution in [3.63, 3.8) is 0 Å². The first-order chi connectivity index (χ1) is 16.3. The van der Waals surface area contributed by atoms with Gasteiger partial charge >= 0.3 is 6.18 Å². The summed E-state index contributed by atoms with van der Waals surface area (Å²) in [5.41, 5.74) is 2.35. The van der Waals surface area contributed by atoms with Gasteiger partial charge in [-0.05, 0) is 61.0 Å². The topological polar surface area (TPSA) is 81.2 Å². The zero-order chi connectivity index (χ0) is 23.9. The van der Waals surface area contributed by atoms with Gasteiger partial charge in [-0.25, -0.2) is 4.98 Å². The Labute approximate surface area is 191 Å². The van der Waals surface area contributed by atoms with Crippen molar-refractivity contribution < 1.29 is 26.8 Å². The number of hydrogen-bond acceptors (Lipinski definition) is 5. The fourth-order valence-electron chi connectivity index (χ4n) is 3.53. The number of anilines is 1. The number of aromatic nitrogens is 2. The average Bonchev–Trinajstić information content (AvgIpc) is 3.47. The van der Waals surface area contributed by atoms with Crippen LogP contribution in [0.3, 0.4) is 0 Å². The van der Waals surface area contributed by atoms with Crippen LogP contribution in [0, 0.1) is 6.92 Å². The van der Waals surface area contributed by atoms with Crippen LogP contribution in [0.1, 0.15) is 21.7 Å². The minimum absolute atomic E-state index is 0.0386. The second-order valence-electron chi connectivity index (χ2n) is 7.52. The van der Waals surface area contributed by atoms with Crippen molar-refractivity contribution in [2.24, 2.45) is 0 Å². The summed E-state index contributed by atoms with van der Waals surface area (Å²) in [7, 11) is 0. The monoisotopic (exact) mass is 463 g/mol. The van der Waals surface area contributed by atoms with Crippen LogP contribution < -0.4 is 5.32 Å². The maximum Gasteiger partial charge on any atom is 0.416 e. The van der Waals surface area contributed by atoms with E-state index < -0.39 is 17.6 Å². The number of benzene rings is 2. The Kier molecular flexibility index (Phi) is 5.16. The number of nitrogens with zero attached hydrogens (tertiary/aromatic N) is 2. The second kappa shape index (κ2) is 8.18. The van der Waals surface area contributed by atoms with Gasteiger partial charge in [0.2, 0.25) is 5.89 Å². The maximum absolute atomic E-state index is 13.0. The summed E-state index contributed by atoms with van der Waals surface area (Å²) in [5.74, 6) is -0.0613. The van der Waals surface area contributed by atoms with E-state index in [2.05, 4.69) is 15.3 Å². The fourth-order valence-corrected chi connectivity index (χ4v) is 3.53. The molecular weight excluding hydrogens is 447 g/mol. The number of carbonyl (C=O) groups excluding carboxylic acids is 1. The van der Waals surface area contributed by atoms with Gasteiger partial charge in [-0.3, -0.25) is 4.79 Å². The van der Waals surface area contributed by atoms with Gasteiger partial charge in [0.15, 0.2) is 17.0 Å². The molecule has 3 aromatic heterocycles. The van der Waals surface area contributed by atoms with E-state index in [0.717, 1.165) is 12.1 Å². The van der Waals surface area contributed by atoms with Crippen LogP contribution in [0.4, 0.5) is 18.9 Å². The smallest absolute Gasteiger partial charge is 0.416 e. The van der Waals surface area contributed by atoms with Crippen LogP contribution in [0.5, 0.6) is 0 Å². The first kappa shape index (κ1) is 21.4. The summed E-state index contributed by atoms with van der Waals surface area (Å²) in [4.78, 5) is 21.4. The minimum Gasteiger partial charge on any atom is -0.451 e. The number of oxazole rings is 1. The van der Waals surface area contributed by atoms with Gasteiger partial charge in [-0.1, -0.05) is 18.2 Å². The van der Waals surface area contributed by atoms with E-state index in [4.69, 9.17) is 8.83 Å². The molecule has 0 bridgehead atoms. The van der Waals surface area contributed by atoms with Gasteiger partial charge in [0.25, 0.3) is 5.91 Å². The highest BCUT2D eigenvalue weighted by Gasteiger charge is 2.30. The number of hydrogen-bond donors (Lipinski definition) is 1. The summed E-state index contributed by atoms with van der Waals surface area (Å²) in [5, 5.41) is 2.77. The maximum atomic E-state index is 13.0. The van der Waals surface area contributed by atoms with Crippen molar-refractivity contribution in [2.45, 2.75) is 13.1 Å². The van der Waals surface area contributed by atoms with Crippen molar-refractivity contribution in [3.8, 4) is 22.8 Å². The number of alkyl halides is 3. The highest BCUT2D eigenvalue weighted by molar-refractivity contribution is 6.03. The number of rotatable bonds is 4. The van der Waals surface area contributed by atoms with Crippen LogP contribution in [-0.4, -0.2) is 15.9 Å². The van der Waals surface area contributed by atoms with Gasteiger partial charge in [0, 0.05) is 23.0 Å². The van der Waals surface area contributed by atoms with Gasteiger partial charge in [0.1, 0.15) is 5.76 Å². The molecule has 1 amide bonds. The summed E-state index contributed by atoms with van der Waals surface area (Å²) >= 11 is 0. The molecule has 5 rings (SSSR count). The van der Waals surface area contributed by atoms with Crippen molar-refractivity contribution in [1.29, 1.82) is 0 Å². The Morgan fingerprint density at radius 1 is 0.971 bits per heavy atom. The third-order valence-corrected chi connectivity index (χ3v) is 5.28. The first-order valence-corrected chi connectivity index (χ1v) is 10.2. The first-order valence-electron chi connectivity index (χ1n) is 10.2. The molecule has 0 saturated heterocycles. The van der Waals surface area contributed by atoms with Crippen molar-refractivity contribution in [2.75, 3.05) is 5.32 Å². The molecule has 0 aliphatic heterocycles. The number of furan rings is 1. The zero-order valence-electron chi connectivity index (χ0n) is 17.7. The van der Waals surface area contributed by atoms with Crippen molar-refractivity contribution >= 4 is 22.8 Å². The summed E-state index contributed by atoms with van der Waals surface area (Å²) in [6, 6.07) is 16.4. The molecule has 0 aliphatic carbocycles. The SMILES string of the molecule is Cc1c(NC(=O)c2ccc(-c3cccc(C(F)(F)F)c3)o2)cccc1-c1nc2ncccc2o1. The Morgan fingerprint density at radius 3 is 2.59 bits per heavy atom. The number of halogens is 3. The highest BCUT2D eigenvalue weighted by Crippen LogP contribution is 2.33. The normalized spacial score (nSPS) is 11.6. The molecule has 1 N–H and O–H groups in total. The largest absolute Gasteiger partial charge is 0.451 e. The lowest BCUT2D eigenvalue weighted by Crippen LogP contribution is -2.12. The average molecular weight is 463 g/mol. The molecule has 2 aromatic carbocycles. The standard InChI is InChI=1S/C25H16F3N3O3/c1-14-17(24-31-22-20(34-24)9-4-12-29-22)7-3-8-18(14)30-23(32)21-11-10-19(33-21)15-5-2-6-16(13-15)25(26,27)28/h2-13H,1H3,(H,30,32). The molecule has 170 valence electrons. The van der Waals surface area contributed by atoms with Gasteiger partial charge < -0.3 is 14.2 Å². The van der Waals surface area contributed by atoms with Crippen LogP contribution >= 0.6 is 0 Å². The molecule has 5 aromatic rings. The van der Waals surface area contributed by atoms with Crippen molar-refractivity contribution in [3.05, 3.63) is 89.8 Å². The van der Waals surface area contributed by atoms with E-state index in [9.17, 15) is 18.0 Å². The molecule has 0 atom stereocenters. The van der Waals surface area contributed by atoms with Crippen molar-refractivity contribution in [1.82, 2.24) is 9.97 Å². The fraction of sp³-hybridized carbons (Fsp3) is 0.0800. The van der Waals surface area contributed by atoms with E-state index in [1.165, 1.54) is 24.3 Å². The summed E-state index contributed by atoms with van der Waals surface area (Å²) < 4.78 is 50.3. The van der Waals surface area contributed by atoms with Crippen LogP contribution in [-0.2, 0) is 6.18 Å². The van der Waals surface area contributed by atoms with Crippen LogP contribution in [0.2, 0.25) is 0 Å². The minimum atomic E-state index is -4.48. The predicted octanol–water partition coefficient (Wildman–Crippen LogP) is 6.73. The van der Waals surface area contributed by atoms with E-state index in [0.29, 0.717) is 33.9 Å². The summed E-state index contributed by atoms with van der Waals surface area (Å²) in [6.45, 7) is 1.81. The summed E-state index contributed by atoms with van der Waals surface area (Å²) in [6.07, 6.45) is -2.86. The highest BCUT2D eigenvalue weighted by atomic mass is 19.4. The van der Waals surface area contributed by atoms with Crippen LogP contribution in [0.25, 0.3) is 34.0 Å². The van der Waals surface area contributed by atoms with E-state index in [1.54, 1.807) is 30.5 Å². The lowest BCUT2D eigenvalue weighted by Gasteiger charge is -2.10. The number of pyridine rings is 1. The van der Waals surface area contributed by atoms with E-state index in [-0.39, 0.29) is 17.1 Å². The third-order valence-electron chi connectivity index (χ3n) is 5.28. The molecule has 3 heterocycles. The molecule has 0 radical (unpaired) electrons. The van der Waals surface area contributed by atoms with E-state index in [1.807, 2.05) is 13.0 Å². The number of amides is 1. The number of fused-ring (bicyclic) bond motifs is 1. The predicted molar refractivity (Wildman–Crippen MR) is 119 cm³/mol. The van der Waals surface area contributed by atoms with E-state index >= 15 is 0 Å². The van der Waals surface area contributed by atoms with Gasteiger partial charge in [0.05, 0.1) is 5.56 Å². The third kappa shape index (κ3) is 4.03. The Balaban J connectivity index is 1.39. The second-order valence-corrected chi connectivity index (χ2v) is 7.52. The molecule has 0 spiro atoms. The molecule has 0 fully saturated rings. The number of carbonyl (C=O) groups is 1. The Morgan fingerprint density at radius 2 is 1.79 bits per heavy atom. The lowest BCUT2D eigenvalue weighted by molar-refractivity contribution is -0.137. The Bertz CT molecular complexity index is 1490. The molecule has 6 nitrogen and oxygen atoms in total. The molecule has 0 unspecified atom stereocenters. The van der Waals surface area contributed by atoms with Crippen LogP contribution in [0.15, 0.2) is 81.8 Å². The molecular formula is C25H16F3N3O3. The van der Waals surface area contributed by atoms with Gasteiger partial charge in [-0.2, -0.15) is 18.2 Å². The number of nitrogens with one attached hydrogen (secondary N) is 1. The quantitative estimate of drug-likeness (QED) is 0.320. The molecule has 0 aliphatic rings.